The highest BCUT2D eigenvalue weighted by Gasteiger charge is 2.65. The number of aliphatic hydroxyl groups is 1. The number of fused-ring (bicyclic) bond motifs is 1. The average molecular weight is 336 g/mol. The number of rotatable bonds is 2. The van der Waals surface area contributed by atoms with Crippen LogP contribution in [-0.4, -0.2) is 5.11 Å². The first-order valence-electron chi connectivity index (χ1n) is 6.56. The third kappa shape index (κ3) is 2.70. The molecule has 7 heteroatoms. The minimum Gasteiger partial charge on any atom is -0.388 e. The van der Waals surface area contributed by atoms with Gasteiger partial charge in [0.15, 0.2) is 0 Å². The molecule has 22 heavy (non-hydrogen) atoms. The number of benzene rings is 2. The summed E-state index contributed by atoms with van der Waals surface area (Å²) >= 11 is 0. The van der Waals surface area contributed by atoms with E-state index in [0.717, 1.165) is 23.3 Å². The first-order valence-corrected chi connectivity index (χ1v) is 8.51. The maximum Gasteiger partial charge on any atom is 0.310 e. The molecule has 1 N–H and O–H groups in total. The van der Waals surface area contributed by atoms with Gasteiger partial charge in [-0.3, -0.25) is 0 Å². The molecule has 0 radical (unpaired) electrons. The van der Waals surface area contributed by atoms with Crippen LogP contribution in [0.4, 0.5) is 19.4 Å². The smallest absolute Gasteiger partial charge is 0.310 e. The van der Waals surface area contributed by atoms with Crippen molar-refractivity contribution < 1.29 is 24.5 Å². The highest BCUT2D eigenvalue weighted by molar-refractivity contribution is 8.45. The molecule has 0 amide bonds. The van der Waals surface area contributed by atoms with Gasteiger partial charge < -0.3 is 5.11 Å². The van der Waals surface area contributed by atoms with Crippen LogP contribution in [0.25, 0.3) is 0 Å². The molecule has 0 aromatic heterocycles. The van der Waals surface area contributed by atoms with Crippen LogP contribution in [0.5, 0.6) is 0 Å². The lowest BCUT2D eigenvalue weighted by Gasteiger charge is -2.40. The fourth-order valence-corrected chi connectivity index (χ4v) is 3.50. The molecule has 0 aliphatic heterocycles. The standard InChI is InChI=1S/C15H13F5OS/c16-22(17,18,19,20)12-7-5-10(6-8-12)14-9-11-3-1-2-4-13(11)15(14)21/h1-8,14-15,21H,9H2. The summed E-state index contributed by atoms with van der Waals surface area (Å²) in [5, 5.41) is 10.3. The highest BCUT2D eigenvalue weighted by atomic mass is 32.5. The Morgan fingerprint density at radius 2 is 1.45 bits per heavy atom. The molecule has 0 fully saturated rings. The monoisotopic (exact) mass is 336 g/mol. The minimum atomic E-state index is -9.65. The second kappa shape index (κ2) is 4.02. The van der Waals surface area contributed by atoms with Gasteiger partial charge in [-0.25, -0.2) is 0 Å². The van der Waals surface area contributed by atoms with E-state index in [0.29, 0.717) is 24.1 Å². The number of hydrogen-bond acceptors (Lipinski definition) is 1. The fraction of sp³-hybridized carbons (Fsp3) is 0.200. The molecule has 0 saturated heterocycles. The van der Waals surface area contributed by atoms with Gasteiger partial charge in [-0.05, 0) is 35.2 Å². The minimum absolute atomic E-state index is 0.395. The Balaban J connectivity index is 1.94. The molecule has 1 nitrogen and oxygen atoms in total. The molecule has 2 aromatic carbocycles. The second-order valence-corrected chi connectivity index (χ2v) is 7.90. The summed E-state index contributed by atoms with van der Waals surface area (Å²) < 4.78 is 63.5. The van der Waals surface area contributed by atoms with Gasteiger partial charge in [0.05, 0.1) is 6.10 Å². The van der Waals surface area contributed by atoms with Gasteiger partial charge >= 0.3 is 10.2 Å². The lowest BCUT2D eigenvalue weighted by Crippen LogP contribution is -2.08. The lowest BCUT2D eigenvalue weighted by atomic mass is 9.94. The molecule has 3 rings (SSSR count). The van der Waals surface area contributed by atoms with E-state index < -0.39 is 27.1 Å². The third-order valence-electron chi connectivity index (χ3n) is 3.95. The van der Waals surface area contributed by atoms with Crippen molar-refractivity contribution >= 4 is 10.2 Å². The summed E-state index contributed by atoms with van der Waals surface area (Å²) in [6.07, 6.45) is -0.380. The Labute approximate surface area is 124 Å². The van der Waals surface area contributed by atoms with Gasteiger partial charge in [0, 0.05) is 5.92 Å². The van der Waals surface area contributed by atoms with Crippen LogP contribution in [0.2, 0.25) is 0 Å². The second-order valence-electron chi connectivity index (χ2n) is 5.49. The number of halogens is 5. The predicted molar refractivity (Wildman–Crippen MR) is 75.7 cm³/mol. The van der Waals surface area contributed by atoms with Crippen molar-refractivity contribution in [2.75, 3.05) is 0 Å². The van der Waals surface area contributed by atoms with Crippen LogP contribution in [0.15, 0.2) is 53.4 Å². The van der Waals surface area contributed by atoms with E-state index in [2.05, 4.69) is 0 Å². The normalized spacial score (nSPS) is 24.5. The van der Waals surface area contributed by atoms with E-state index in [1.807, 2.05) is 12.1 Å². The molecule has 1 aliphatic rings. The van der Waals surface area contributed by atoms with Gasteiger partial charge in [0.1, 0.15) is 4.90 Å². The molecule has 0 saturated carbocycles. The summed E-state index contributed by atoms with van der Waals surface area (Å²) in [6.45, 7) is 0. The Bertz CT molecular complexity index is 724. The van der Waals surface area contributed by atoms with Gasteiger partial charge in [-0.15, -0.1) is 0 Å². The summed E-state index contributed by atoms with van der Waals surface area (Å²) in [5.74, 6) is -0.426. The SMILES string of the molecule is OC1c2ccccc2CC1c1ccc(S(F)(F)(F)(F)F)cc1. The third-order valence-corrected chi connectivity index (χ3v) is 5.11. The molecule has 0 spiro atoms. The van der Waals surface area contributed by atoms with Crippen molar-refractivity contribution in [3.8, 4) is 0 Å². The van der Waals surface area contributed by atoms with Gasteiger partial charge in [0.25, 0.3) is 0 Å². The van der Waals surface area contributed by atoms with E-state index in [4.69, 9.17) is 0 Å². The van der Waals surface area contributed by atoms with Crippen LogP contribution >= 0.6 is 10.2 Å². The van der Waals surface area contributed by atoms with Crippen LogP contribution in [0.3, 0.4) is 0 Å². The molecular weight excluding hydrogens is 323 g/mol. The topological polar surface area (TPSA) is 20.2 Å². The molecule has 2 atom stereocenters. The van der Waals surface area contributed by atoms with Crippen molar-refractivity contribution in [2.24, 2.45) is 0 Å². The van der Waals surface area contributed by atoms with Crippen molar-refractivity contribution in [1.82, 2.24) is 0 Å². The molecule has 2 aromatic rings. The quantitative estimate of drug-likeness (QED) is 0.696. The zero-order valence-electron chi connectivity index (χ0n) is 11.2. The number of aliphatic hydroxyl groups excluding tert-OH is 1. The van der Waals surface area contributed by atoms with Gasteiger partial charge in [-0.2, -0.15) is 0 Å². The zero-order chi connectivity index (χ0) is 16.2. The fourth-order valence-electron chi connectivity index (χ4n) is 2.85. The Kier molecular flexibility index (Phi) is 2.80. The number of hydrogen-bond donors (Lipinski definition) is 1. The van der Waals surface area contributed by atoms with Crippen molar-refractivity contribution in [1.29, 1.82) is 0 Å². The van der Waals surface area contributed by atoms with E-state index in [1.54, 1.807) is 12.1 Å². The Morgan fingerprint density at radius 1 is 0.864 bits per heavy atom. The molecule has 0 heterocycles. The summed E-state index contributed by atoms with van der Waals surface area (Å²) in [7, 11) is -9.65. The van der Waals surface area contributed by atoms with E-state index >= 15 is 0 Å². The largest absolute Gasteiger partial charge is 0.388 e. The van der Waals surface area contributed by atoms with Crippen molar-refractivity contribution in [2.45, 2.75) is 23.3 Å². The van der Waals surface area contributed by atoms with Crippen molar-refractivity contribution in [3.05, 3.63) is 65.2 Å². The van der Waals surface area contributed by atoms with Gasteiger partial charge in [0.2, 0.25) is 0 Å². The van der Waals surface area contributed by atoms with E-state index in [1.165, 1.54) is 0 Å². The summed E-state index contributed by atoms with van der Waals surface area (Å²) in [4.78, 5) is -1.91. The molecule has 1 aliphatic carbocycles. The van der Waals surface area contributed by atoms with E-state index in [9.17, 15) is 24.5 Å². The first-order chi connectivity index (χ1) is 9.95. The maximum atomic E-state index is 12.7. The first kappa shape index (κ1) is 15.3. The lowest BCUT2D eigenvalue weighted by molar-refractivity contribution is 0.158. The van der Waals surface area contributed by atoms with Gasteiger partial charge in [-0.1, -0.05) is 55.8 Å². The molecule has 0 bridgehead atoms. The highest BCUT2D eigenvalue weighted by Crippen LogP contribution is 3.02. The van der Waals surface area contributed by atoms with E-state index in [-0.39, 0.29) is 0 Å². The molecule has 120 valence electrons. The van der Waals surface area contributed by atoms with Crippen LogP contribution in [0, 0.1) is 0 Å². The maximum absolute atomic E-state index is 12.7. The molecular formula is C15H13F5OS. The van der Waals surface area contributed by atoms with Crippen molar-refractivity contribution in [3.63, 3.8) is 0 Å². The van der Waals surface area contributed by atoms with Crippen LogP contribution in [-0.2, 0) is 6.42 Å². The van der Waals surface area contributed by atoms with Crippen LogP contribution in [0.1, 0.15) is 28.7 Å². The Morgan fingerprint density at radius 3 is 2.00 bits per heavy atom. The predicted octanol–water partition coefficient (Wildman–Crippen LogP) is 5.72. The summed E-state index contributed by atoms with van der Waals surface area (Å²) in [6, 6.07) is 10.00. The summed E-state index contributed by atoms with van der Waals surface area (Å²) in [5.41, 5.74) is 2.05. The van der Waals surface area contributed by atoms with Crippen LogP contribution < -0.4 is 0 Å². The average Bonchev–Trinajstić information content (AvgIpc) is 2.74. The molecule has 2 unspecified atom stereocenters. The Hall–Kier alpha value is -1.60. The zero-order valence-corrected chi connectivity index (χ0v) is 12.0.